The number of halogens is 3. The standard InChI is InChI=1S/C32H37F3N6O6/c1-18-24(46-4)11-10-20-25(15-22(36-27(18)20)23-16-26(32(33,34)35)39-41(23)3)47-14-12-21-28(42)38-31(29(43)44)17-19(31)9-7-5-6-8-13-40(2)30(45)37-21/h7,9-11,15-16,19,21H,5-6,8,12-14,17H2,1-4H3,(H,37,45)(H,38,42)(H,43,44). The van der Waals surface area contributed by atoms with Crippen molar-refractivity contribution in [2.24, 2.45) is 13.0 Å². The van der Waals surface area contributed by atoms with E-state index in [4.69, 9.17) is 9.47 Å². The average molecular weight is 659 g/mol. The number of urea groups is 1. The first-order valence-corrected chi connectivity index (χ1v) is 15.2. The number of carbonyl (C=O) groups excluding carboxylic acids is 2. The highest BCUT2D eigenvalue weighted by molar-refractivity contribution is 5.94. The maximum atomic E-state index is 13.5. The summed E-state index contributed by atoms with van der Waals surface area (Å²) in [6, 6.07) is 4.18. The number of benzene rings is 1. The molecule has 1 saturated carbocycles. The first kappa shape index (κ1) is 33.5. The maximum Gasteiger partial charge on any atom is 0.435 e. The van der Waals surface area contributed by atoms with Crippen molar-refractivity contribution in [3.05, 3.63) is 47.7 Å². The highest BCUT2D eigenvalue weighted by Gasteiger charge is 2.60. The fourth-order valence-electron chi connectivity index (χ4n) is 5.75. The highest BCUT2D eigenvalue weighted by atomic mass is 19.4. The number of carboxylic acids is 1. The molecule has 3 heterocycles. The molecule has 47 heavy (non-hydrogen) atoms. The number of ether oxygens (including phenoxy) is 2. The summed E-state index contributed by atoms with van der Waals surface area (Å²) in [7, 11) is 4.48. The van der Waals surface area contributed by atoms with Crippen molar-refractivity contribution in [1.82, 2.24) is 30.3 Å². The molecule has 3 N–H and O–H groups in total. The van der Waals surface area contributed by atoms with Crippen LogP contribution in [0.15, 0.2) is 36.4 Å². The number of fused-ring (bicyclic) bond motifs is 2. The lowest BCUT2D eigenvalue weighted by Crippen LogP contribution is -2.55. The van der Waals surface area contributed by atoms with Crippen molar-refractivity contribution in [2.75, 3.05) is 27.3 Å². The summed E-state index contributed by atoms with van der Waals surface area (Å²) in [6.45, 7) is 2.11. The number of pyridine rings is 1. The van der Waals surface area contributed by atoms with Gasteiger partial charge < -0.3 is 30.1 Å². The Kier molecular flexibility index (Phi) is 9.36. The van der Waals surface area contributed by atoms with Crippen molar-refractivity contribution >= 4 is 28.8 Å². The molecule has 1 fully saturated rings. The number of aryl methyl sites for hydroxylation is 2. The number of hydrogen-bond acceptors (Lipinski definition) is 7. The smallest absolute Gasteiger partial charge is 0.435 e. The fourth-order valence-corrected chi connectivity index (χ4v) is 5.75. The Morgan fingerprint density at radius 1 is 1.17 bits per heavy atom. The number of aliphatic carboxylic acids is 1. The van der Waals surface area contributed by atoms with Gasteiger partial charge in [-0.1, -0.05) is 12.2 Å². The number of aromatic nitrogens is 3. The molecule has 12 nitrogen and oxygen atoms in total. The highest BCUT2D eigenvalue weighted by Crippen LogP contribution is 2.45. The Labute approximate surface area is 268 Å². The number of hydrogen-bond donors (Lipinski definition) is 3. The third-order valence-corrected chi connectivity index (χ3v) is 8.65. The molecule has 1 aliphatic carbocycles. The van der Waals surface area contributed by atoms with Crippen LogP contribution in [-0.2, 0) is 22.8 Å². The number of nitrogens with one attached hydrogen (secondary N) is 2. The summed E-state index contributed by atoms with van der Waals surface area (Å²) in [5.41, 5.74) is -1.22. The minimum atomic E-state index is -4.66. The van der Waals surface area contributed by atoms with E-state index in [2.05, 4.69) is 20.7 Å². The van der Waals surface area contributed by atoms with Crippen LogP contribution in [0.3, 0.4) is 0 Å². The minimum Gasteiger partial charge on any atom is -0.496 e. The lowest BCUT2D eigenvalue weighted by atomic mass is 10.1. The van der Waals surface area contributed by atoms with E-state index in [1.54, 1.807) is 26.1 Å². The molecule has 0 bridgehead atoms. The third-order valence-electron chi connectivity index (χ3n) is 8.65. The van der Waals surface area contributed by atoms with Gasteiger partial charge in [-0.3, -0.25) is 9.48 Å². The molecule has 2 aromatic heterocycles. The maximum absolute atomic E-state index is 13.5. The van der Waals surface area contributed by atoms with Crippen molar-refractivity contribution < 1.29 is 42.1 Å². The van der Waals surface area contributed by atoms with E-state index in [0.29, 0.717) is 28.8 Å². The normalized spacial score (nSPS) is 22.2. The van der Waals surface area contributed by atoms with E-state index in [9.17, 15) is 32.7 Å². The van der Waals surface area contributed by atoms with E-state index < -0.39 is 41.4 Å². The van der Waals surface area contributed by atoms with Gasteiger partial charge >= 0.3 is 18.2 Å². The van der Waals surface area contributed by atoms with Crippen LogP contribution in [0.1, 0.15) is 43.4 Å². The molecule has 2 aliphatic rings. The second-order valence-corrected chi connectivity index (χ2v) is 11.9. The first-order valence-electron chi connectivity index (χ1n) is 15.2. The van der Waals surface area contributed by atoms with Crippen molar-refractivity contribution in [1.29, 1.82) is 0 Å². The SMILES string of the molecule is COc1ccc2c(OCCC3NC(=O)N(C)CCCCC=CC4CC4(C(=O)O)NC3=O)cc(-c3cc(C(F)(F)F)nn3C)nc2c1C. The number of allylic oxidation sites excluding steroid dienone is 1. The molecule has 15 heteroatoms. The minimum absolute atomic E-state index is 0.0418. The van der Waals surface area contributed by atoms with E-state index in [-0.39, 0.29) is 42.5 Å². The van der Waals surface area contributed by atoms with Gasteiger partial charge in [0.25, 0.3) is 0 Å². The topological polar surface area (TPSA) is 148 Å². The average Bonchev–Trinajstić information content (AvgIpc) is 3.57. The quantitative estimate of drug-likeness (QED) is 0.316. The summed E-state index contributed by atoms with van der Waals surface area (Å²) in [6.07, 6.45) is 1.55. The van der Waals surface area contributed by atoms with Gasteiger partial charge in [0.1, 0.15) is 23.1 Å². The predicted molar refractivity (Wildman–Crippen MR) is 165 cm³/mol. The molecule has 3 amide bonds. The van der Waals surface area contributed by atoms with Crippen LogP contribution in [-0.4, -0.2) is 81.6 Å². The predicted octanol–water partition coefficient (Wildman–Crippen LogP) is 4.45. The molecular formula is C32H37F3N6O6. The number of methoxy groups -OCH3 is 1. The molecule has 1 aliphatic heterocycles. The molecule has 3 aromatic rings. The van der Waals surface area contributed by atoms with Crippen LogP contribution in [0.2, 0.25) is 0 Å². The van der Waals surface area contributed by atoms with E-state index >= 15 is 0 Å². The Hall–Kier alpha value is -4.82. The van der Waals surface area contributed by atoms with Crippen LogP contribution >= 0.6 is 0 Å². The molecule has 3 atom stereocenters. The second-order valence-electron chi connectivity index (χ2n) is 11.9. The number of nitrogens with zero attached hydrogens (tertiary/aromatic N) is 4. The summed E-state index contributed by atoms with van der Waals surface area (Å²) in [5, 5.41) is 19.5. The van der Waals surface area contributed by atoms with Gasteiger partial charge in [-0.25, -0.2) is 14.6 Å². The van der Waals surface area contributed by atoms with E-state index in [1.165, 1.54) is 25.1 Å². The molecule has 3 unspecified atom stereocenters. The molecule has 0 spiro atoms. The van der Waals surface area contributed by atoms with Gasteiger partial charge in [0.05, 0.1) is 30.6 Å². The van der Waals surface area contributed by atoms with Gasteiger partial charge in [-0.2, -0.15) is 18.3 Å². The Morgan fingerprint density at radius 3 is 2.62 bits per heavy atom. The Morgan fingerprint density at radius 2 is 1.94 bits per heavy atom. The fraction of sp³-hybridized carbons (Fsp3) is 0.469. The molecule has 1 aromatic carbocycles. The summed E-state index contributed by atoms with van der Waals surface area (Å²) in [4.78, 5) is 44.8. The summed E-state index contributed by atoms with van der Waals surface area (Å²) in [5.74, 6) is -1.41. The van der Waals surface area contributed by atoms with Crippen molar-refractivity contribution in [3.8, 4) is 22.9 Å². The van der Waals surface area contributed by atoms with Crippen LogP contribution in [0.25, 0.3) is 22.3 Å². The summed E-state index contributed by atoms with van der Waals surface area (Å²) >= 11 is 0. The van der Waals surface area contributed by atoms with E-state index in [0.717, 1.165) is 30.0 Å². The lowest BCUT2D eigenvalue weighted by Gasteiger charge is -2.25. The van der Waals surface area contributed by atoms with Crippen LogP contribution in [0.5, 0.6) is 11.5 Å². The monoisotopic (exact) mass is 658 g/mol. The largest absolute Gasteiger partial charge is 0.496 e. The molecule has 5 rings (SSSR count). The van der Waals surface area contributed by atoms with Crippen molar-refractivity contribution in [3.63, 3.8) is 0 Å². The Balaban J connectivity index is 1.44. The van der Waals surface area contributed by atoms with Gasteiger partial charge in [0.15, 0.2) is 5.69 Å². The van der Waals surface area contributed by atoms with Gasteiger partial charge in [-0.05, 0) is 50.8 Å². The molecule has 0 radical (unpaired) electrons. The molecule has 252 valence electrons. The summed E-state index contributed by atoms with van der Waals surface area (Å²) < 4.78 is 53.0. The zero-order valence-corrected chi connectivity index (χ0v) is 26.5. The van der Waals surface area contributed by atoms with Gasteiger partial charge in [0.2, 0.25) is 5.91 Å². The number of carbonyl (C=O) groups is 3. The lowest BCUT2D eigenvalue weighted by molar-refractivity contribution is -0.143. The molecule has 0 saturated heterocycles. The second kappa shape index (κ2) is 13.1. The van der Waals surface area contributed by atoms with Gasteiger partial charge in [-0.15, -0.1) is 0 Å². The van der Waals surface area contributed by atoms with Crippen LogP contribution in [0.4, 0.5) is 18.0 Å². The molecular weight excluding hydrogens is 621 g/mol. The number of carboxylic acid groups (broad SMARTS) is 1. The zero-order chi connectivity index (χ0) is 34.1. The van der Waals surface area contributed by atoms with Crippen molar-refractivity contribution in [2.45, 2.75) is 56.8 Å². The van der Waals surface area contributed by atoms with Crippen LogP contribution in [0, 0.1) is 12.8 Å². The van der Waals surface area contributed by atoms with Crippen LogP contribution < -0.4 is 20.1 Å². The number of rotatable bonds is 7. The van der Waals surface area contributed by atoms with E-state index in [1.807, 2.05) is 12.2 Å². The number of amides is 3. The number of alkyl halides is 3. The zero-order valence-electron chi connectivity index (χ0n) is 26.5. The van der Waals surface area contributed by atoms with Gasteiger partial charge in [0, 0.05) is 50.0 Å². The Bertz CT molecular complexity index is 1720. The first-order chi connectivity index (χ1) is 22.2. The third kappa shape index (κ3) is 6.98.